The Bertz CT molecular complexity index is 1150. The molecule has 30 heavy (non-hydrogen) atoms. The first kappa shape index (κ1) is 19.5. The molecule has 6 heteroatoms. The average Bonchev–Trinajstić information content (AvgIpc) is 3.22. The standard InChI is InChI=1S/C24H20FN3O2/c1-17-11-13-18(14-12-17)23-21(15-28(26-23)20-8-3-2-4-9-20)24(29)27-30-16-19-7-5-6-10-22(19)25/h2-15H,16H2,1H3,(H,27,29). The summed E-state index contributed by atoms with van der Waals surface area (Å²) in [7, 11) is 0. The van der Waals surface area contributed by atoms with Crippen LogP contribution in [0.15, 0.2) is 85.1 Å². The predicted molar refractivity (Wildman–Crippen MR) is 112 cm³/mol. The maximum absolute atomic E-state index is 13.7. The molecule has 150 valence electrons. The van der Waals surface area contributed by atoms with Crippen LogP contribution in [-0.4, -0.2) is 15.7 Å². The van der Waals surface area contributed by atoms with Gasteiger partial charge in [0.25, 0.3) is 5.91 Å². The number of hydrogen-bond acceptors (Lipinski definition) is 3. The molecular weight excluding hydrogens is 381 g/mol. The molecule has 3 aromatic carbocycles. The number of hydrogen-bond donors (Lipinski definition) is 1. The van der Waals surface area contributed by atoms with E-state index >= 15 is 0 Å². The summed E-state index contributed by atoms with van der Waals surface area (Å²) in [5, 5.41) is 4.62. The fraction of sp³-hybridized carbons (Fsp3) is 0.0833. The van der Waals surface area contributed by atoms with E-state index in [9.17, 15) is 9.18 Å². The third-order valence-corrected chi connectivity index (χ3v) is 4.65. The number of para-hydroxylation sites is 1. The first-order chi connectivity index (χ1) is 14.6. The zero-order valence-electron chi connectivity index (χ0n) is 16.4. The Morgan fingerprint density at radius 2 is 1.70 bits per heavy atom. The number of rotatable bonds is 6. The fourth-order valence-corrected chi connectivity index (χ4v) is 3.03. The normalized spacial score (nSPS) is 10.7. The van der Waals surface area contributed by atoms with Gasteiger partial charge in [-0.1, -0.05) is 66.2 Å². The molecule has 0 radical (unpaired) electrons. The number of hydroxylamine groups is 1. The lowest BCUT2D eigenvalue weighted by Crippen LogP contribution is -2.24. The van der Waals surface area contributed by atoms with Crippen molar-refractivity contribution in [3.8, 4) is 16.9 Å². The summed E-state index contributed by atoms with van der Waals surface area (Å²) in [6.07, 6.45) is 1.66. The fourth-order valence-electron chi connectivity index (χ4n) is 3.03. The Morgan fingerprint density at radius 3 is 2.43 bits per heavy atom. The first-order valence-electron chi connectivity index (χ1n) is 9.49. The van der Waals surface area contributed by atoms with Crippen molar-refractivity contribution in [1.29, 1.82) is 0 Å². The van der Waals surface area contributed by atoms with Gasteiger partial charge in [0.05, 0.1) is 11.3 Å². The van der Waals surface area contributed by atoms with Gasteiger partial charge in [-0.15, -0.1) is 0 Å². The molecule has 0 bridgehead atoms. The van der Waals surface area contributed by atoms with Gasteiger partial charge in [0.1, 0.15) is 18.1 Å². The van der Waals surface area contributed by atoms with Gasteiger partial charge in [-0.25, -0.2) is 14.6 Å². The third-order valence-electron chi connectivity index (χ3n) is 4.65. The molecule has 0 fully saturated rings. The van der Waals surface area contributed by atoms with Crippen LogP contribution in [0.25, 0.3) is 16.9 Å². The number of carbonyl (C=O) groups excluding carboxylic acids is 1. The number of aryl methyl sites for hydroxylation is 1. The third kappa shape index (κ3) is 4.29. The zero-order chi connectivity index (χ0) is 20.9. The highest BCUT2D eigenvalue weighted by Crippen LogP contribution is 2.24. The van der Waals surface area contributed by atoms with Crippen molar-refractivity contribution in [3.05, 3.63) is 108 Å². The van der Waals surface area contributed by atoms with Crippen LogP contribution >= 0.6 is 0 Å². The number of halogens is 1. The lowest BCUT2D eigenvalue weighted by molar-refractivity contribution is 0.0224. The van der Waals surface area contributed by atoms with Crippen molar-refractivity contribution in [2.75, 3.05) is 0 Å². The van der Waals surface area contributed by atoms with Crippen molar-refractivity contribution in [1.82, 2.24) is 15.3 Å². The Balaban J connectivity index is 1.60. The molecule has 1 N–H and O–H groups in total. The summed E-state index contributed by atoms with van der Waals surface area (Å²) in [4.78, 5) is 18.1. The topological polar surface area (TPSA) is 56.2 Å². The number of benzene rings is 3. The summed E-state index contributed by atoms with van der Waals surface area (Å²) < 4.78 is 15.4. The molecule has 1 amide bonds. The van der Waals surface area contributed by atoms with Gasteiger partial charge in [0.15, 0.2) is 0 Å². The molecule has 0 atom stereocenters. The SMILES string of the molecule is Cc1ccc(-c2nn(-c3ccccc3)cc2C(=O)NOCc2ccccc2F)cc1. The van der Waals surface area contributed by atoms with Gasteiger partial charge >= 0.3 is 0 Å². The van der Waals surface area contributed by atoms with E-state index in [4.69, 9.17) is 4.84 Å². The maximum Gasteiger partial charge on any atom is 0.278 e. The lowest BCUT2D eigenvalue weighted by atomic mass is 10.1. The van der Waals surface area contributed by atoms with Crippen molar-refractivity contribution >= 4 is 5.91 Å². The van der Waals surface area contributed by atoms with E-state index in [-0.39, 0.29) is 12.4 Å². The Morgan fingerprint density at radius 1 is 1.00 bits per heavy atom. The Kier molecular flexibility index (Phi) is 5.68. The molecule has 4 rings (SSSR count). The van der Waals surface area contributed by atoms with Crippen LogP contribution in [0.3, 0.4) is 0 Å². The molecule has 0 saturated heterocycles. The molecule has 4 aromatic rings. The molecule has 0 spiro atoms. The number of nitrogens with one attached hydrogen (secondary N) is 1. The quantitative estimate of drug-likeness (QED) is 0.470. The minimum absolute atomic E-state index is 0.0783. The zero-order valence-corrected chi connectivity index (χ0v) is 16.4. The Hall–Kier alpha value is -3.77. The van der Waals surface area contributed by atoms with Crippen molar-refractivity contribution in [2.24, 2.45) is 0 Å². The first-order valence-corrected chi connectivity index (χ1v) is 9.49. The number of aromatic nitrogens is 2. The van der Waals surface area contributed by atoms with Crippen LogP contribution in [0.5, 0.6) is 0 Å². The van der Waals surface area contributed by atoms with Crippen LogP contribution in [0, 0.1) is 12.7 Å². The van der Waals surface area contributed by atoms with Crippen LogP contribution in [0.4, 0.5) is 4.39 Å². The molecule has 5 nitrogen and oxygen atoms in total. The number of carbonyl (C=O) groups is 1. The second-order valence-electron chi connectivity index (χ2n) is 6.85. The molecule has 1 heterocycles. The minimum atomic E-state index is -0.455. The van der Waals surface area contributed by atoms with E-state index < -0.39 is 5.91 Å². The highest BCUT2D eigenvalue weighted by Gasteiger charge is 2.19. The molecule has 0 aliphatic carbocycles. The molecule has 0 unspecified atom stereocenters. The summed E-state index contributed by atoms with van der Waals surface area (Å²) in [5.41, 5.74) is 6.41. The summed E-state index contributed by atoms with van der Waals surface area (Å²) in [6, 6.07) is 23.6. The Labute approximate surface area is 173 Å². The van der Waals surface area contributed by atoms with E-state index in [1.165, 1.54) is 6.07 Å². The lowest BCUT2D eigenvalue weighted by Gasteiger charge is -2.07. The van der Waals surface area contributed by atoms with Gasteiger partial charge in [-0.3, -0.25) is 9.63 Å². The van der Waals surface area contributed by atoms with E-state index in [0.717, 1.165) is 16.8 Å². The van der Waals surface area contributed by atoms with Gasteiger partial charge < -0.3 is 0 Å². The van der Waals surface area contributed by atoms with Crippen molar-refractivity contribution < 1.29 is 14.0 Å². The molecule has 0 saturated carbocycles. The van der Waals surface area contributed by atoms with Crippen LogP contribution in [0.1, 0.15) is 21.5 Å². The van der Waals surface area contributed by atoms with Crippen LogP contribution in [0.2, 0.25) is 0 Å². The van der Waals surface area contributed by atoms with E-state index in [2.05, 4.69) is 10.6 Å². The smallest absolute Gasteiger partial charge is 0.268 e. The second-order valence-corrected chi connectivity index (χ2v) is 6.85. The van der Waals surface area contributed by atoms with E-state index in [1.807, 2.05) is 61.5 Å². The number of nitrogens with zero attached hydrogens (tertiary/aromatic N) is 2. The van der Waals surface area contributed by atoms with Gasteiger partial charge in [-0.05, 0) is 25.1 Å². The highest BCUT2D eigenvalue weighted by atomic mass is 19.1. The van der Waals surface area contributed by atoms with Crippen LogP contribution < -0.4 is 5.48 Å². The number of amides is 1. The largest absolute Gasteiger partial charge is 0.278 e. The monoisotopic (exact) mass is 401 g/mol. The highest BCUT2D eigenvalue weighted by molar-refractivity contribution is 5.99. The summed E-state index contributed by atoms with van der Waals surface area (Å²) in [5.74, 6) is -0.840. The van der Waals surface area contributed by atoms with Crippen molar-refractivity contribution in [3.63, 3.8) is 0 Å². The minimum Gasteiger partial charge on any atom is -0.268 e. The molecule has 0 aliphatic rings. The second kappa shape index (κ2) is 8.71. The van der Waals surface area contributed by atoms with E-state index in [1.54, 1.807) is 29.1 Å². The molecule has 0 aliphatic heterocycles. The van der Waals surface area contributed by atoms with Crippen molar-refractivity contribution in [2.45, 2.75) is 13.5 Å². The summed E-state index contributed by atoms with van der Waals surface area (Å²) >= 11 is 0. The average molecular weight is 401 g/mol. The molecular formula is C24H20FN3O2. The maximum atomic E-state index is 13.7. The van der Waals surface area contributed by atoms with E-state index in [0.29, 0.717) is 16.8 Å². The summed E-state index contributed by atoms with van der Waals surface area (Å²) in [6.45, 7) is 1.92. The van der Waals surface area contributed by atoms with Gasteiger partial charge in [0, 0.05) is 17.3 Å². The van der Waals surface area contributed by atoms with Gasteiger partial charge in [-0.2, -0.15) is 5.10 Å². The molecule has 1 aromatic heterocycles. The van der Waals surface area contributed by atoms with Gasteiger partial charge in [0.2, 0.25) is 0 Å². The van der Waals surface area contributed by atoms with Crippen LogP contribution in [-0.2, 0) is 11.4 Å². The predicted octanol–water partition coefficient (Wildman–Crippen LogP) is 4.85.